The molecule has 1 rings (SSSR count). The number of carbonyl (C=O) groups excluding carboxylic acids is 1. The number of amides is 1. The summed E-state index contributed by atoms with van der Waals surface area (Å²) in [7, 11) is 0. The molecule has 0 spiro atoms. The SMILES string of the molecule is Cc1ccc(=O)ccc1NC(=O)OC(C)(C)C. The average molecular weight is 235 g/mol. The van der Waals surface area contributed by atoms with Crippen LogP contribution in [0.4, 0.5) is 10.5 Å². The number of hydrogen-bond donors (Lipinski definition) is 1. The van der Waals surface area contributed by atoms with Crippen molar-refractivity contribution in [2.45, 2.75) is 33.3 Å². The van der Waals surface area contributed by atoms with Crippen molar-refractivity contribution in [3.63, 3.8) is 0 Å². The van der Waals surface area contributed by atoms with Crippen LogP contribution >= 0.6 is 0 Å². The molecular formula is C13H17NO3. The van der Waals surface area contributed by atoms with E-state index >= 15 is 0 Å². The number of hydrogen-bond acceptors (Lipinski definition) is 3. The Hall–Kier alpha value is -1.84. The van der Waals surface area contributed by atoms with Crippen molar-refractivity contribution in [3.05, 3.63) is 40.1 Å². The fourth-order valence-corrected chi connectivity index (χ4v) is 1.20. The summed E-state index contributed by atoms with van der Waals surface area (Å²) in [5.74, 6) is 0. The van der Waals surface area contributed by atoms with Gasteiger partial charge in [-0.25, -0.2) is 4.79 Å². The summed E-state index contributed by atoms with van der Waals surface area (Å²) in [6, 6.07) is 6.09. The Bertz CT molecular complexity index is 475. The molecule has 0 aliphatic heterocycles. The van der Waals surface area contributed by atoms with E-state index in [-0.39, 0.29) is 5.43 Å². The van der Waals surface area contributed by atoms with Crippen LogP contribution < -0.4 is 10.7 Å². The maximum absolute atomic E-state index is 11.6. The van der Waals surface area contributed by atoms with Gasteiger partial charge in [-0.15, -0.1) is 0 Å². The summed E-state index contributed by atoms with van der Waals surface area (Å²) in [6.07, 6.45) is -0.528. The van der Waals surface area contributed by atoms with Gasteiger partial charge in [-0.05, 0) is 51.5 Å². The smallest absolute Gasteiger partial charge is 0.412 e. The largest absolute Gasteiger partial charge is 0.444 e. The zero-order chi connectivity index (χ0) is 13.1. The summed E-state index contributed by atoms with van der Waals surface area (Å²) < 4.78 is 5.13. The van der Waals surface area contributed by atoms with Crippen molar-refractivity contribution < 1.29 is 9.53 Å². The van der Waals surface area contributed by atoms with Gasteiger partial charge in [-0.3, -0.25) is 10.1 Å². The molecule has 0 saturated heterocycles. The van der Waals surface area contributed by atoms with Gasteiger partial charge in [0.15, 0.2) is 5.43 Å². The van der Waals surface area contributed by atoms with E-state index < -0.39 is 11.7 Å². The van der Waals surface area contributed by atoms with Crippen LogP contribution in [0.1, 0.15) is 26.3 Å². The predicted octanol–water partition coefficient (Wildman–Crippen LogP) is 2.70. The van der Waals surface area contributed by atoms with Gasteiger partial charge < -0.3 is 4.74 Å². The van der Waals surface area contributed by atoms with E-state index in [2.05, 4.69) is 5.32 Å². The van der Waals surface area contributed by atoms with Gasteiger partial charge in [-0.1, -0.05) is 6.07 Å². The van der Waals surface area contributed by atoms with E-state index in [9.17, 15) is 9.59 Å². The molecule has 0 unspecified atom stereocenters. The molecule has 0 radical (unpaired) electrons. The van der Waals surface area contributed by atoms with E-state index in [4.69, 9.17) is 4.74 Å². The van der Waals surface area contributed by atoms with Gasteiger partial charge in [0.1, 0.15) is 5.60 Å². The van der Waals surface area contributed by atoms with Gasteiger partial charge in [0, 0.05) is 5.69 Å². The maximum Gasteiger partial charge on any atom is 0.412 e. The minimum atomic E-state index is -0.543. The number of anilines is 1. The third kappa shape index (κ3) is 4.68. The second-order valence-corrected chi connectivity index (χ2v) is 4.79. The van der Waals surface area contributed by atoms with Crippen molar-refractivity contribution in [1.29, 1.82) is 0 Å². The number of aryl methyl sites for hydroxylation is 1. The highest BCUT2D eigenvalue weighted by atomic mass is 16.6. The van der Waals surface area contributed by atoms with Crippen LogP contribution in [0.15, 0.2) is 29.1 Å². The molecule has 0 atom stereocenters. The zero-order valence-corrected chi connectivity index (χ0v) is 10.5. The second-order valence-electron chi connectivity index (χ2n) is 4.79. The Kier molecular flexibility index (Phi) is 3.89. The molecule has 0 aliphatic rings. The lowest BCUT2D eigenvalue weighted by Gasteiger charge is -2.19. The van der Waals surface area contributed by atoms with Crippen LogP contribution in [0.3, 0.4) is 0 Å². The molecule has 1 amide bonds. The lowest BCUT2D eigenvalue weighted by molar-refractivity contribution is 0.0636. The second kappa shape index (κ2) is 4.99. The van der Waals surface area contributed by atoms with E-state index in [1.807, 2.05) is 6.92 Å². The van der Waals surface area contributed by atoms with Gasteiger partial charge in [-0.2, -0.15) is 0 Å². The zero-order valence-electron chi connectivity index (χ0n) is 10.5. The monoisotopic (exact) mass is 235 g/mol. The summed E-state index contributed by atoms with van der Waals surface area (Å²) in [6.45, 7) is 7.19. The van der Waals surface area contributed by atoms with Gasteiger partial charge in [0.2, 0.25) is 0 Å². The minimum Gasteiger partial charge on any atom is -0.444 e. The quantitative estimate of drug-likeness (QED) is 0.814. The fraction of sp³-hybridized carbons (Fsp3) is 0.385. The standard InChI is InChI=1S/C13H17NO3/c1-9-5-6-10(15)7-8-11(9)14-12(16)17-13(2,3)4/h5-8H,1-4H3,(H,14,16). The Morgan fingerprint density at radius 2 is 1.76 bits per heavy atom. The molecule has 92 valence electrons. The molecule has 0 fully saturated rings. The third-order valence-corrected chi connectivity index (χ3v) is 1.97. The molecule has 0 heterocycles. The van der Waals surface area contributed by atoms with Gasteiger partial charge >= 0.3 is 6.09 Å². The maximum atomic E-state index is 11.6. The molecule has 4 nitrogen and oxygen atoms in total. The van der Waals surface area contributed by atoms with Crippen LogP contribution in [0.2, 0.25) is 0 Å². The summed E-state index contributed by atoms with van der Waals surface area (Å²) in [5, 5.41) is 2.61. The molecule has 4 heteroatoms. The average Bonchev–Trinajstić information content (AvgIpc) is 2.30. The first-order valence-corrected chi connectivity index (χ1v) is 5.39. The molecule has 0 bridgehead atoms. The van der Waals surface area contributed by atoms with Crippen LogP contribution in [0.25, 0.3) is 0 Å². The van der Waals surface area contributed by atoms with E-state index in [1.165, 1.54) is 12.1 Å². The molecule has 0 aliphatic carbocycles. The van der Waals surface area contributed by atoms with E-state index in [0.29, 0.717) is 5.69 Å². The summed E-state index contributed by atoms with van der Waals surface area (Å²) in [5.41, 5.74) is 0.725. The first kappa shape index (κ1) is 13.2. The van der Waals surface area contributed by atoms with Crippen molar-refractivity contribution in [2.75, 3.05) is 5.32 Å². The van der Waals surface area contributed by atoms with Crippen molar-refractivity contribution in [3.8, 4) is 0 Å². The first-order valence-electron chi connectivity index (χ1n) is 5.39. The first-order chi connectivity index (χ1) is 7.78. The van der Waals surface area contributed by atoms with Gasteiger partial charge in [0.05, 0.1) is 0 Å². The summed E-state index contributed by atoms with van der Waals surface area (Å²) in [4.78, 5) is 22.7. The highest BCUT2D eigenvalue weighted by Crippen LogP contribution is 2.13. The third-order valence-electron chi connectivity index (χ3n) is 1.97. The molecule has 1 aromatic carbocycles. The van der Waals surface area contributed by atoms with Crippen molar-refractivity contribution in [1.82, 2.24) is 0 Å². The number of rotatable bonds is 1. The van der Waals surface area contributed by atoms with Crippen LogP contribution in [-0.4, -0.2) is 11.7 Å². The fourth-order valence-electron chi connectivity index (χ4n) is 1.20. The highest BCUT2D eigenvalue weighted by molar-refractivity contribution is 5.85. The number of nitrogens with one attached hydrogen (secondary N) is 1. The highest BCUT2D eigenvalue weighted by Gasteiger charge is 2.16. The topological polar surface area (TPSA) is 55.4 Å². The molecule has 1 aromatic rings. The normalized spacial score (nSPS) is 10.8. The summed E-state index contributed by atoms with van der Waals surface area (Å²) >= 11 is 0. The van der Waals surface area contributed by atoms with Crippen LogP contribution in [0.5, 0.6) is 0 Å². The molecule has 0 saturated carbocycles. The number of ether oxygens (including phenoxy) is 1. The Labute approximate surface area is 101 Å². The molecule has 1 N–H and O–H groups in total. The predicted molar refractivity (Wildman–Crippen MR) is 67.3 cm³/mol. The van der Waals surface area contributed by atoms with E-state index in [1.54, 1.807) is 32.9 Å². The number of carbonyl (C=O) groups is 1. The minimum absolute atomic E-state index is 0.106. The van der Waals surface area contributed by atoms with Crippen molar-refractivity contribution in [2.24, 2.45) is 0 Å². The molecule has 0 aromatic heterocycles. The van der Waals surface area contributed by atoms with Crippen molar-refractivity contribution >= 4 is 11.8 Å². The van der Waals surface area contributed by atoms with Crippen LogP contribution in [-0.2, 0) is 4.74 Å². The Morgan fingerprint density at radius 3 is 2.35 bits per heavy atom. The lowest BCUT2D eigenvalue weighted by Crippen LogP contribution is -2.27. The van der Waals surface area contributed by atoms with Gasteiger partial charge in [0.25, 0.3) is 0 Å². The van der Waals surface area contributed by atoms with E-state index in [0.717, 1.165) is 5.56 Å². The Morgan fingerprint density at radius 1 is 1.18 bits per heavy atom. The Balaban J connectivity index is 2.86. The van der Waals surface area contributed by atoms with Crippen LogP contribution in [0, 0.1) is 6.92 Å². The molecule has 17 heavy (non-hydrogen) atoms. The molecular weight excluding hydrogens is 218 g/mol. The lowest BCUT2D eigenvalue weighted by atomic mass is 10.2.